The third-order valence-corrected chi connectivity index (χ3v) is 4.14. The number of nitrogens with zero attached hydrogens (tertiary/aromatic N) is 2. The highest BCUT2D eigenvalue weighted by Gasteiger charge is 2.33. The van der Waals surface area contributed by atoms with E-state index in [4.69, 9.17) is 4.74 Å². The van der Waals surface area contributed by atoms with Crippen LogP contribution in [0.2, 0.25) is 0 Å². The zero-order chi connectivity index (χ0) is 15.1. The van der Waals surface area contributed by atoms with E-state index in [1.165, 1.54) is 12.8 Å². The second-order valence-corrected chi connectivity index (χ2v) is 6.38. The molecule has 0 bridgehead atoms. The molecule has 0 aliphatic carbocycles. The molecular weight excluding hydrogens is 262 g/mol. The van der Waals surface area contributed by atoms with Gasteiger partial charge < -0.3 is 10.1 Å². The molecule has 0 amide bonds. The lowest BCUT2D eigenvalue weighted by molar-refractivity contribution is -0.0236. The van der Waals surface area contributed by atoms with Crippen LogP contribution in [0.3, 0.4) is 0 Å². The number of aryl methyl sites for hydroxylation is 1. The van der Waals surface area contributed by atoms with Crippen LogP contribution in [0.1, 0.15) is 31.2 Å². The zero-order valence-corrected chi connectivity index (χ0v) is 13.7. The van der Waals surface area contributed by atoms with E-state index in [0.29, 0.717) is 0 Å². The summed E-state index contributed by atoms with van der Waals surface area (Å²) >= 11 is 0. The molecule has 1 aromatic rings. The van der Waals surface area contributed by atoms with E-state index in [1.807, 2.05) is 13.0 Å². The number of ether oxygens (including phenoxy) is 1. The minimum Gasteiger partial charge on any atom is -0.381 e. The molecule has 1 fully saturated rings. The van der Waals surface area contributed by atoms with Crippen LogP contribution in [-0.4, -0.2) is 49.8 Å². The zero-order valence-electron chi connectivity index (χ0n) is 13.7. The third kappa shape index (κ3) is 5.06. The lowest BCUT2D eigenvalue weighted by Gasteiger charge is -2.40. The van der Waals surface area contributed by atoms with Gasteiger partial charge in [-0.05, 0) is 45.5 Å². The van der Waals surface area contributed by atoms with E-state index in [0.717, 1.165) is 50.8 Å². The molecule has 21 heavy (non-hydrogen) atoms. The Morgan fingerprint density at radius 2 is 2.29 bits per heavy atom. The quantitative estimate of drug-likeness (QED) is 0.836. The Balaban J connectivity index is 1.95. The minimum atomic E-state index is 0.243. The van der Waals surface area contributed by atoms with E-state index in [-0.39, 0.29) is 5.41 Å². The predicted octanol–water partition coefficient (Wildman–Crippen LogP) is 2.23. The van der Waals surface area contributed by atoms with E-state index in [2.05, 4.69) is 41.3 Å². The van der Waals surface area contributed by atoms with Gasteiger partial charge in [-0.1, -0.05) is 13.0 Å². The number of rotatable bonds is 7. The van der Waals surface area contributed by atoms with E-state index >= 15 is 0 Å². The Morgan fingerprint density at radius 1 is 1.43 bits per heavy atom. The Hall–Kier alpha value is -0.970. The standard InChI is InChI=1S/C17H29N3O/c1-4-18-12-17(9-6-10-21-14-17)13-20(3)11-16-8-5-7-15(2)19-16/h5,7-8,18H,4,6,9-14H2,1-3H3. The molecule has 1 unspecified atom stereocenters. The van der Waals surface area contributed by atoms with E-state index < -0.39 is 0 Å². The smallest absolute Gasteiger partial charge is 0.0547 e. The van der Waals surface area contributed by atoms with Crippen molar-refractivity contribution in [2.45, 2.75) is 33.2 Å². The second kappa shape index (κ2) is 7.87. The maximum Gasteiger partial charge on any atom is 0.0547 e. The predicted molar refractivity (Wildman–Crippen MR) is 86.3 cm³/mol. The van der Waals surface area contributed by atoms with E-state index in [1.54, 1.807) is 0 Å². The van der Waals surface area contributed by atoms with Gasteiger partial charge in [0.1, 0.15) is 0 Å². The van der Waals surface area contributed by atoms with Crippen LogP contribution in [0.4, 0.5) is 0 Å². The molecule has 118 valence electrons. The van der Waals surface area contributed by atoms with Crippen LogP contribution >= 0.6 is 0 Å². The Bertz CT molecular complexity index is 430. The average Bonchev–Trinajstić information content (AvgIpc) is 2.46. The molecule has 1 saturated heterocycles. The first-order valence-electron chi connectivity index (χ1n) is 8.03. The summed E-state index contributed by atoms with van der Waals surface area (Å²) in [5, 5.41) is 3.51. The largest absolute Gasteiger partial charge is 0.381 e. The summed E-state index contributed by atoms with van der Waals surface area (Å²) in [6.07, 6.45) is 2.41. The number of aromatic nitrogens is 1. The highest BCUT2D eigenvalue weighted by molar-refractivity contribution is 5.09. The van der Waals surface area contributed by atoms with Gasteiger partial charge in [0.25, 0.3) is 0 Å². The molecule has 4 heteroatoms. The molecule has 0 saturated carbocycles. The van der Waals surface area contributed by atoms with Gasteiger partial charge >= 0.3 is 0 Å². The highest BCUT2D eigenvalue weighted by atomic mass is 16.5. The maximum absolute atomic E-state index is 5.77. The van der Waals surface area contributed by atoms with Gasteiger partial charge in [0.2, 0.25) is 0 Å². The normalized spacial score (nSPS) is 22.7. The van der Waals surface area contributed by atoms with Crippen molar-refractivity contribution in [2.75, 3.05) is 39.9 Å². The number of hydrogen-bond acceptors (Lipinski definition) is 4. The fraction of sp³-hybridized carbons (Fsp3) is 0.706. The summed E-state index contributed by atoms with van der Waals surface area (Å²) in [5.74, 6) is 0. The van der Waals surface area contributed by atoms with Crippen LogP contribution in [-0.2, 0) is 11.3 Å². The monoisotopic (exact) mass is 291 g/mol. The summed E-state index contributed by atoms with van der Waals surface area (Å²) in [7, 11) is 2.19. The molecule has 0 spiro atoms. The fourth-order valence-electron chi connectivity index (χ4n) is 3.21. The van der Waals surface area contributed by atoms with Gasteiger partial charge in [-0.3, -0.25) is 9.88 Å². The van der Waals surface area contributed by atoms with Crippen molar-refractivity contribution in [2.24, 2.45) is 5.41 Å². The molecule has 1 atom stereocenters. The van der Waals surface area contributed by atoms with Gasteiger partial charge in [-0.25, -0.2) is 0 Å². The molecule has 1 aliphatic heterocycles. The van der Waals surface area contributed by atoms with Crippen molar-refractivity contribution in [3.8, 4) is 0 Å². The van der Waals surface area contributed by atoms with E-state index in [9.17, 15) is 0 Å². The topological polar surface area (TPSA) is 37.4 Å². The number of hydrogen-bond donors (Lipinski definition) is 1. The molecule has 2 rings (SSSR count). The number of nitrogens with one attached hydrogen (secondary N) is 1. The van der Waals surface area contributed by atoms with Gasteiger partial charge in [0.05, 0.1) is 12.3 Å². The molecular formula is C17H29N3O. The highest BCUT2D eigenvalue weighted by Crippen LogP contribution is 2.29. The summed E-state index contributed by atoms with van der Waals surface area (Å²) in [6.45, 7) is 10.00. The van der Waals surface area contributed by atoms with Crippen LogP contribution in [0.5, 0.6) is 0 Å². The third-order valence-electron chi connectivity index (χ3n) is 4.14. The van der Waals surface area contributed by atoms with Crippen molar-refractivity contribution in [3.63, 3.8) is 0 Å². The molecule has 1 aromatic heterocycles. The number of pyridine rings is 1. The van der Waals surface area contributed by atoms with Gasteiger partial charge in [0, 0.05) is 37.4 Å². The average molecular weight is 291 g/mol. The Morgan fingerprint density at radius 3 is 2.95 bits per heavy atom. The summed E-state index contributed by atoms with van der Waals surface area (Å²) in [5.41, 5.74) is 2.48. The first-order valence-corrected chi connectivity index (χ1v) is 8.03. The summed E-state index contributed by atoms with van der Waals surface area (Å²) in [4.78, 5) is 6.99. The summed E-state index contributed by atoms with van der Waals surface area (Å²) in [6, 6.07) is 6.24. The fourth-order valence-corrected chi connectivity index (χ4v) is 3.21. The molecule has 0 aromatic carbocycles. The SMILES string of the molecule is CCNCC1(CN(C)Cc2cccc(C)n2)CCCOC1. The molecule has 0 radical (unpaired) electrons. The Kier molecular flexibility index (Phi) is 6.15. The van der Waals surface area contributed by atoms with Gasteiger partial charge in [-0.15, -0.1) is 0 Å². The molecule has 2 heterocycles. The van der Waals surface area contributed by atoms with Crippen molar-refractivity contribution < 1.29 is 4.74 Å². The minimum absolute atomic E-state index is 0.243. The van der Waals surface area contributed by atoms with Crippen molar-refractivity contribution >= 4 is 0 Å². The maximum atomic E-state index is 5.77. The van der Waals surface area contributed by atoms with Crippen molar-refractivity contribution in [1.82, 2.24) is 15.2 Å². The molecule has 1 N–H and O–H groups in total. The first kappa shape index (κ1) is 16.4. The van der Waals surface area contributed by atoms with Crippen molar-refractivity contribution in [3.05, 3.63) is 29.6 Å². The molecule has 1 aliphatic rings. The molecule has 4 nitrogen and oxygen atoms in total. The Labute approximate surface area is 128 Å². The lowest BCUT2D eigenvalue weighted by atomic mass is 9.81. The second-order valence-electron chi connectivity index (χ2n) is 6.38. The van der Waals surface area contributed by atoms with Crippen LogP contribution in [0.25, 0.3) is 0 Å². The van der Waals surface area contributed by atoms with Gasteiger partial charge in [-0.2, -0.15) is 0 Å². The van der Waals surface area contributed by atoms with Crippen LogP contribution in [0, 0.1) is 12.3 Å². The summed E-state index contributed by atoms with van der Waals surface area (Å²) < 4.78 is 5.77. The first-order chi connectivity index (χ1) is 10.1. The van der Waals surface area contributed by atoms with Crippen LogP contribution in [0.15, 0.2) is 18.2 Å². The van der Waals surface area contributed by atoms with Crippen LogP contribution < -0.4 is 5.32 Å². The van der Waals surface area contributed by atoms with Crippen molar-refractivity contribution in [1.29, 1.82) is 0 Å². The van der Waals surface area contributed by atoms with Gasteiger partial charge in [0.15, 0.2) is 0 Å². The lowest BCUT2D eigenvalue weighted by Crippen LogP contribution is -2.48.